The Morgan fingerprint density at radius 2 is 2.30 bits per heavy atom. The van der Waals surface area contributed by atoms with Crippen LogP contribution in [0.3, 0.4) is 0 Å². The molecule has 4 N–H and O–H groups in total. The van der Waals surface area contributed by atoms with Crippen LogP contribution < -0.4 is 11.1 Å². The van der Waals surface area contributed by atoms with Gasteiger partial charge in [-0.3, -0.25) is 4.79 Å². The fraction of sp³-hybridized carbons (Fsp3) is 0.615. The van der Waals surface area contributed by atoms with Crippen molar-refractivity contribution in [2.24, 2.45) is 16.3 Å². The normalized spacial score (nSPS) is 18.1. The van der Waals surface area contributed by atoms with Crippen molar-refractivity contribution in [1.82, 2.24) is 10.3 Å². The average molecular weight is 280 g/mol. The lowest BCUT2D eigenvalue weighted by atomic mass is 9.84. The van der Waals surface area contributed by atoms with Gasteiger partial charge in [-0.05, 0) is 12.8 Å². The zero-order valence-electron chi connectivity index (χ0n) is 11.6. The maximum atomic E-state index is 12.4. The van der Waals surface area contributed by atoms with Crippen LogP contribution in [0.5, 0.6) is 0 Å². The van der Waals surface area contributed by atoms with Crippen LogP contribution in [0.15, 0.2) is 15.8 Å². The summed E-state index contributed by atoms with van der Waals surface area (Å²) in [6.45, 7) is 2.17. The second-order valence-corrected chi connectivity index (χ2v) is 5.03. The van der Waals surface area contributed by atoms with E-state index < -0.39 is 5.41 Å². The van der Waals surface area contributed by atoms with Crippen molar-refractivity contribution in [2.45, 2.75) is 45.6 Å². The molecule has 7 heteroatoms. The highest BCUT2D eigenvalue weighted by Gasteiger charge is 2.45. The fourth-order valence-corrected chi connectivity index (χ4v) is 2.59. The van der Waals surface area contributed by atoms with Gasteiger partial charge in [0.15, 0.2) is 5.84 Å². The predicted molar refractivity (Wildman–Crippen MR) is 72.0 cm³/mol. The lowest BCUT2D eigenvalue weighted by molar-refractivity contribution is -0.127. The quantitative estimate of drug-likeness (QED) is 0.324. The Hall–Kier alpha value is -2.05. The van der Waals surface area contributed by atoms with Crippen molar-refractivity contribution in [3.8, 4) is 0 Å². The number of nitrogens with two attached hydrogens (primary N) is 1. The number of rotatable bonds is 5. The Labute approximate surface area is 117 Å². The molecule has 1 amide bonds. The van der Waals surface area contributed by atoms with Gasteiger partial charge in [-0.15, -0.1) is 0 Å². The van der Waals surface area contributed by atoms with E-state index in [0.29, 0.717) is 18.7 Å². The molecule has 0 bridgehead atoms. The zero-order valence-corrected chi connectivity index (χ0v) is 11.6. The van der Waals surface area contributed by atoms with Gasteiger partial charge in [0, 0.05) is 6.42 Å². The molecule has 7 nitrogen and oxygen atoms in total. The molecular formula is C13H20N4O3. The molecule has 0 spiro atoms. The molecule has 1 heterocycles. The number of aromatic nitrogens is 1. The number of amides is 1. The Morgan fingerprint density at radius 1 is 1.60 bits per heavy atom. The van der Waals surface area contributed by atoms with Crippen LogP contribution in [0.2, 0.25) is 0 Å². The molecule has 1 aliphatic carbocycles. The van der Waals surface area contributed by atoms with Crippen LogP contribution in [0.25, 0.3) is 0 Å². The van der Waals surface area contributed by atoms with Crippen molar-refractivity contribution < 1.29 is 14.4 Å². The van der Waals surface area contributed by atoms with Gasteiger partial charge in [0.25, 0.3) is 0 Å². The maximum Gasteiger partial charge on any atom is 0.234 e. The summed E-state index contributed by atoms with van der Waals surface area (Å²) in [5, 5.41) is 14.7. The van der Waals surface area contributed by atoms with Gasteiger partial charge >= 0.3 is 0 Å². The number of nitrogens with zero attached hydrogens (tertiary/aromatic N) is 2. The number of aryl methyl sites for hydroxylation is 1. The van der Waals surface area contributed by atoms with E-state index in [-0.39, 0.29) is 18.3 Å². The minimum atomic E-state index is -0.894. The highest BCUT2D eigenvalue weighted by atomic mass is 16.4. The molecule has 0 aromatic carbocycles. The van der Waals surface area contributed by atoms with Gasteiger partial charge in [0.05, 0.1) is 12.7 Å². The lowest BCUT2D eigenvalue weighted by Gasteiger charge is -2.25. The Morgan fingerprint density at radius 3 is 2.85 bits per heavy atom. The summed E-state index contributed by atoms with van der Waals surface area (Å²) in [5.74, 6) is 0.986. The van der Waals surface area contributed by atoms with Gasteiger partial charge in [0.2, 0.25) is 11.8 Å². The summed E-state index contributed by atoms with van der Waals surface area (Å²) in [4.78, 5) is 16.4. The molecule has 0 atom stereocenters. The van der Waals surface area contributed by atoms with Crippen LogP contribution in [0.4, 0.5) is 0 Å². The average Bonchev–Trinajstić information content (AvgIpc) is 3.13. The highest BCUT2D eigenvalue weighted by Crippen LogP contribution is 2.38. The van der Waals surface area contributed by atoms with E-state index in [1.54, 1.807) is 6.20 Å². The number of hydrogen-bond donors (Lipinski definition) is 3. The van der Waals surface area contributed by atoms with Gasteiger partial charge < -0.3 is 20.7 Å². The maximum absolute atomic E-state index is 12.4. The van der Waals surface area contributed by atoms with E-state index in [1.165, 1.54) is 0 Å². The van der Waals surface area contributed by atoms with Crippen LogP contribution in [0, 0.1) is 5.41 Å². The number of carbonyl (C=O) groups excluding carboxylic acids is 1. The van der Waals surface area contributed by atoms with E-state index in [1.807, 2.05) is 6.92 Å². The highest BCUT2D eigenvalue weighted by molar-refractivity contribution is 6.06. The van der Waals surface area contributed by atoms with Crippen LogP contribution in [-0.4, -0.2) is 21.9 Å². The summed E-state index contributed by atoms with van der Waals surface area (Å²) in [6.07, 6.45) is 5.39. The summed E-state index contributed by atoms with van der Waals surface area (Å²) in [7, 11) is 0. The molecule has 20 heavy (non-hydrogen) atoms. The van der Waals surface area contributed by atoms with E-state index in [4.69, 9.17) is 15.4 Å². The van der Waals surface area contributed by atoms with Gasteiger partial charge in [0.1, 0.15) is 11.2 Å². The number of oxime groups is 1. The van der Waals surface area contributed by atoms with E-state index >= 15 is 0 Å². The number of nitrogens with one attached hydrogen (secondary N) is 1. The smallest absolute Gasteiger partial charge is 0.234 e. The van der Waals surface area contributed by atoms with Crippen molar-refractivity contribution in [2.75, 3.05) is 0 Å². The van der Waals surface area contributed by atoms with Crippen molar-refractivity contribution in [3.63, 3.8) is 0 Å². The molecule has 0 radical (unpaired) electrons. The monoisotopic (exact) mass is 280 g/mol. The van der Waals surface area contributed by atoms with E-state index in [9.17, 15) is 4.79 Å². The summed E-state index contributed by atoms with van der Waals surface area (Å²) in [6, 6.07) is 0. The Balaban J connectivity index is 2.02. The SMILES string of the molecule is CCc1cnc(CNC(=O)C2(C(N)=NO)CCCC2)o1. The molecule has 1 saturated carbocycles. The zero-order chi connectivity index (χ0) is 14.6. The molecule has 2 rings (SSSR count). The molecule has 1 fully saturated rings. The van der Waals surface area contributed by atoms with E-state index in [0.717, 1.165) is 25.0 Å². The third kappa shape index (κ3) is 2.61. The largest absolute Gasteiger partial charge is 0.444 e. The van der Waals surface area contributed by atoms with Crippen molar-refractivity contribution >= 4 is 11.7 Å². The van der Waals surface area contributed by atoms with E-state index in [2.05, 4.69) is 15.5 Å². The minimum absolute atomic E-state index is 0.0193. The molecule has 1 aromatic rings. The van der Waals surface area contributed by atoms with Crippen molar-refractivity contribution in [3.05, 3.63) is 17.8 Å². The predicted octanol–water partition coefficient (Wildman–Crippen LogP) is 1.16. The standard InChI is InChI=1S/C13H20N4O3/c1-2-9-7-15-10(20-9)8-16-12(18)13(11(14)17-19)5-3-4-6-13/h7,19H,2-6,8H2,1H3,(H2,14,17)(H,16,18). The van der Waals surface area contributed by atoms with Gasteiger partial charge in [-0.2, -0.15) is 0 Å². The first-order valence-corrected chi connectivity index (χ1v) is 6.82. The molecule has 1 aromatic heterocycles. The molecule has 110 valence electrons. The second-order valence-electron chi connectivity index (χ2n) is 5.03. The summed E-state index contributed by atoms with van der Waals surface area (Å²) in [5.41, 5.74) is 4.81. The third-order valence-corrected chi connectivity index (χ3v) is 3.84. The number of oxazole rings is 1. The molecular weight excluding hydrogens is 260 g/mol. The van der Waals surface area contributed by atoms with Crippen LogP contribution in [0.1, 0.15) is 44.3 Å². The molecule has 0 unspecified atom stereocenters. The minimum Gasteiger partial charge on any atom is -0.444 e. The first kappa shape index (κ1) is 14.4. The Kier molecular flexibility index (Phi) is 4.26. The second kappa shape index (κ2) is 5.94. The van der Waals surface area contributed by atoms with Crippen LogP contribution >= 0.6 is 0 Å². The molecule has 0 saturated heterocycles. The summed E-state index contributed by atoms with van der Waals surface area (Å²) < 4.78 is 5.43. The summed E-state index contributed by atoms with van der Waals surface area (Å²) >= 11 is 0. The van der Waals surface area contributed by atoms with Gasteiger partial charge in [-0.1, -0.05) is 24.9 Å². The van der Waals surface area contributed by atoms with Crippen LogP contribution in [-0.2, 0) is 17.8 Å². The number of carbonyl (C=O) groups is 1. The first-order chi connectivity index (χ1) is 9.62. The first-order valence-electron chi connectivity index (χ1n) is 6.82. The van der Waals surface area contributed by atoms with Crippen molar-refractivity contribution in [1.29, 1.82) is 0 Å². The number of hydrogen-bond acceptors (Lipinski definition) is 5. The lowest BCUT2D eigenvalue weighted by Crippen LogP contribution is -2.48. The molecule has 1 aliphatic rings. The topological polar surface area (TPSA) is 114 Å². The Bertz CT molecular complexity index is 503. The number of amidine groups is 1. The third-order valence-electron chi connectivity index (χ3n) is 3.84. The fourth-order valence-electron chi connectivity index (χ4n) is 2.59. The molecule has 0 aliphatic heterocycles. The van der Waals surface area contributed by atoms with Gasteiger partial charge in [-0.25, -0.2) is 4.98 Å².